The maximum Gasteiger partial charge on any atom is 0.407 e. The highest BCUT2D eigenvalue weighted by Gasteiger charge is 2.39. The van der Waals surface area contributed by atoms with Crippen molar-refractivity contribution in [2.45, 2.75) is 48.8 Å². The number of morpholine rings is 1. The van der Waals surface area contributed by atoms with E-state index in [2.05, 4.69) is 25.8 Å². The molecule has 0 spiro atoms. The van der Waals surface area contributed by atoms with Gasteiger partial charge in [0, 0.05) is 35.8 Å². The second kappa shape index (κ2) is 18.3. The molecule has 4 atom stereocenters. The number of carbonyl (C=O) groups is 3. The Kier molecular flexibility index (Phi) is 12.9. The van der Waals surface area contributed by atoms with Crippen LogP contribution in [0, 0.1) is 0 Å². The number of rotatable bonds is 14. The minimum atomic E-state index is -1.17. The van der Waals surface area contributed by atoms with Gasteiger partial charge >= 0.3 is 12.2 Å². The van der Waals surface area contributed by atoms with Gasteiger partial charge in [0.15, 0.2) is 0 Å². The molecule has 1 saturated heterocycles. The summed E-state index contributed by atoms with van der Waals surface area (Å²) in [6, 6.07) is 26.8. The van der Waals surface area contributed by atoms with E-state index in [0.717, 1.165) is 22.3 Å². The van der Waals surface area contributed by atoms with Crippen LogP contribution in [0.2, 0.25) is 0 Å². The summed E-state index contributed by atoms with van der Waals surface area (Å²) in [7, 11) is 1.24. The molecule has 15 heteroatoms. The van der Waals surface area contributed by atoms with E-state index in [1.807, 2.05) is 66.7 Å². The third-order valence-electron chi connectivity index (χ3n) is 9.04. The van der Waals surface area contributed by atoms with Crippen molar-refractivity contribution in [1.29, 1.82) is 0 Å². The fraction of sp³-hybridized carbons (Fsp3) is 0.282. The number of alkyl carbamates (subject to hydrolysis) is 1. The van der Waals surface area contributed by atoms with Crippen LogP contribution in [0.3, 0.4) is 0 Å². The average molecular weight is 753 g/mol. The predicted molar refractivity (Wildman–Crippen MR) is 201 cm³/mol. The van der Waals surface area contributed by atoms with Gasteiger partial charge in [-0.2, -0.15) is 0 Å². The van der Waals surface area contributed by atoms with E-state index in [9.17, 15) is 24.6 Å². The summed E-state index contributed by atoms with van der Waals surface area (Å²) in [6.45, 7) is -0.375. The number of nitrogens with one attached hydrogen (secondary N) is 2. The number of anilines is 1. The first-order valence-electron chi connectivity index (χ1n) is 17.3. The van der Waals surface area contributed by atoms with Gasteiger partial charge in [0.1, 0.15) is 6.04 Å². The number of amides is 3. The molecule has 5 aromatic rings. The molecule has 3 heterocycles. The van der Waals surface area contributed by atoms with E-state index in [1.54, 1.807) is 36.7 Å². The second-order valence-electron chi connectivity index (χ2n) is 12.5. The Morgan fingerprint density at radius 1 is 0.944 bits per heavy atom. The van der Waals surface area contributed by atoms with Gasteiger partial charge in [-0.1, -0.05) is 84.6 Å². The predicted octanol–water partition coefficient (Wildman–Crippen LogP) is 5.54. The fourth-order valence-corrected chi connectivity index (χ4v) is 7.07. The summed E-state index contributed by atoms with van der Waals surface area (Å²) < 4.78 is 17.0. The van der Waals surface area contributed by atoms with Crippen molar-refractivity contribution in [1.82, 2.24) is 25.4 Å². The van der Waals surface area contributed by atoms with E-state index in [1.165, 1.54) is 23.8 Å². The summed E-state index contributed by atoms with van der Waals surface area (Å²) in [5.41, 5.74) is 5.00. The first kappa shape index (κ1) is 38.0. The molecule has 280 valence electrons. The Morgan fingerprint density at radius 3 is 2.39 bits per heavy atom. The monoisotopic (exact) mass is 752 g/mol. The molecule has 0 radical (unpaired) electrons. The van der Waals surface area contributed by atoms with E-state index < -0.39 is 49.0 Å². The van der Waals surface area contributed by atoms with Crippen LogP contribution in [-0.2, 0) is 27.1 Å². The number of thioether (sulfide) groups is 1. The van der Waals surface area contributed by atoms with Crippen molar-refractivity contribution in [2.24, 2.45) is 0 Å². The van der Waals surface area contributed by atoms with Crippen LogP contribution in [-0.4, -0.2) is 98.7 Å². The normalized spacial score (nSPS) is 17.4. The number of aromatic nitrogens is 3. The zero-order chi connectivity index (χ0) is 37.9. The molecule has 3 aromatic carbocycles. The van der Waals surface area contributed by atoms with E-state index in [0.29, 0.717) is 30.0 Å². The summed E-state index contributed by atoms with van der Waals surface area (Å²) in [6.07, 6.45) is 1.23. The summed E-state index contributed by atoms with van der Waals surface area (Å²) in [5, 5.41) is 34.3. The number of benzene rings is 3. The number of para-hydroxylation sites is 1. The Bertz CT molecular complexity index is 2000. The molecule has 54 heavy (non-hydrogen) atoms. The number of aryl methyl sites for hydroxylation is 1. The van der Waals surface area contributed by atoms with Gasteiger partial charge in [0.2, 0.25) is 11.8 Å². The molecule has 1 aliphatic heterocycles. The number of methoxy groups -OCH3 is 1. The SMILES string of the molecule is COC(=O)N[C@@H](Cc1ccc(-c2ccccc2)cc1)C(=O)Nc1ccccc1CC[C@@H]1CN(C(=O)O)C(CO)C(CSc2nnc(-c3ccncc3)o2)O1. The molecule has 14 nitrogen and oxygen atoms in total. The third-order valence-corrected chi connectivity index (χ3v) is 9.95. The highest BCUT2D eigenvalue weighted by molar-refractivity contribution is 7.99. The van der Waals surface area contributed by atoms with E-state index in [-0.39, 0.29) is 23.9 Å². The van der Waals surface area contributed by atoms with Crippen LogP contribution < -0.4 is 10.6 Å². The molecule has 2 aromatic heterocycles. The van der Waals surface area contributed by atoms with Crippen LogP contribution in [0.1, 0.15) is 17.5 Å². The molecular formula is C39H40N6O8S. The second-order valence-corrected chi connectivity index (χ2v) is 13.5. The molecular weight excluding hydrogens is 713 g/mol. The van der Waals surface area contributed by atoms with Crippen LogP contribution in [0.25, 0.3) is 22.6 Å². The van der Waals surface area contributed by atoms with Crippen molar-refractivity contribution in [2.75, 3.05) is 31.3 Å². The lowest BCUT2D eigenvalue weighted by molar-refractivity contribution is -0.118. The molecule has 1 aliphatic rings. The van der Waals surface area contributed by atoms with Gasteiger partial charge in [0.05, 0.1) is 38.5 Å². The van der Waals surface area contributed by atoms with Gasteiger partial charge in [0.25, 0.3) is 5.22 Å². The maximum absolute atomic E-state index is 13.7. The summed E-state index contributed by atoms with van der Waals surface area (Å²) in [5.74, 6) is 0.144. The van der Waals surface area contributed by atoms with Crippen molar-refractivity contribution < 1.29 is 38.5 Å². The largest absolute Gasteiger partial charge is 0.465 e. The molecule has 1 fully saturated rings. The first-order valence-corrected chi connectivity index (χ1v) is 18.3. The Balaban J connectivity index is 1.10. The number of aliphatic hydroxyl groups is 1. The Morgan fingerprint density at radius 2 is 1.67 bits per heavy atom. The van der Waals surface area contributed by atoms with Crippen LogP contribution in [0.5, 0.6) is 0 Å². The average Bonchev–Trinajstić information content (AvgIpc) is 3.69. The smallest absolute Gasteiger partial charge is 0.407 e. The van der Waals surface area contributed by atoms with Gasteiger partial charge < -0.3 is 34.7 Å². The standard InChI is InChI=1S/C39H40N6O8S/c1-51-37(48)42-32(21-25-11-13-27(14-12-25)26-7-3-2-4-8-26)35(47)41-31-10-6-5-9-28(31)15-16-30-22-45(39(49)50)33(23-46)34(52-30)24-54-38-44-43-36(53-38)29-17-19-40-20-18-29/h2-14,17-20,30,32-34,46H,15-16,21-24H2,1H3,(H,41,47)(H,42,48)(H,49,50)/t30-,32+,33?,34?/m1/s1. The lowest BCUT2D eigenvalue weighted by atomic mass is 9.99. The molecule has 2 unspecified atom stereocenters. The number of carbonyl (C=O) groups excluding carboxylic acids is 2. The minimum Gasteiger partial charge on any atom is -0.465 e. The number of hydrogen-bond donors (Lipinski definition) is 4. The molecule has 0 bridgehead atoms. The first-order chi connectivity index (χ1) is 26.3. The number of nitrogens with zero attached hydrogens (tertiary/aromatic N) is 4. The summed E-state index contributed by atoms with van der Waals surface area (Å²) in [4.78, 5) is 43.5. The molecule has 0 aliphatic carbocycles. The highest BCUT2D eigenvalue weighted by Crippen LogP contribution is 2.29. The number of pyridine rings is 1. The van der Waals surface area contributed by atoms with Gasteiger partial charge in [-0.05, 0) is 53.3 Å². The number of carboxylic acid groups (broad SMARTS) is 1. The molecule has 3 amide bonds. The zero-order valence-corrected chi connectivity index (χ0v) is 30.2. The molecule has 6 rings (SSSR count). The topological polar surface area (TPSA) is 189 Å². The van der Waals surface area contributed by atoms with Crippen LogP contribution in [0.15, 0.2) is 113 Å². The van der Waals surface area contributed by atoms with Crippen LogP contribution >= 0.6 is 11.8 Å². The van der Waals surface area contributed by atoms with Gasteiger partial charge in [-0.3, -0.25) is 14.7 Å². The van der Waals surface area contributed by atoms with E-state index in [4.69, 9.17) is 13.9 Å². The number of aliphatic hydroxyl groups excluding tert-OH is 1. The third kappa shape index (κ3) is 9.80. The molecule has 4 N–H and O–H groups in total. The highest BCUT2D eigenvalue weighted by atomic mass is 32.2. The fourth-order valence-electron chi connectivity index (χ4n) is 6.22. The van der Waals surface area contributed by atoms with Crippen LogP contribution in [0.4, 0.5) is 15.3 Å². The minimum absolute atomic E-state index is 0.0528. The lowest BCUT2D eigenvalue weighted by Gasteiger charge is -2.42. The summed E-state index contributed by atoms with van der Waals surface area (Å²) >= 11 is 1.21. The van der Waals surface area contributed by atoms with Gasteiger partial charge in [-0.25, -0.2) is 9.59 Å². The van der Waals surface area contributed by atoms with Crippen molar-refractivity contribution in [3.8, 4) is 22.6 Å². The van der Waals surface area contributed by atoms with E-state index >= 15 is 0 Å². The van der Waals surface area contributed by atoms with Gasteiger partial charge in [-0.15, -0.1) is 10.2 Å². The molecule has 0 saturated carbocycles. The Hall–Kier alpha value is -5.77. The quantitative estimate of drug-likeness (QED) is 0.104. The Labute approximate surface area is 315 Å². The van der Waals surface area contributed by atoms with Crippen molar-refractivity contribution >= 4 is 35.5 Å². The van der Waals surface area contributed by atoms with Crippen molar-refractivity contribution in [3.63, 3.8) is 0 Å². The van der Waals surface area contributed by atoms with Crippen molar-refractivity contribution in [3.05, 3.63) is 115 Å². The number of hydrogen-bond acceptors (Lipinski definition) is 11. The lowest BCUT2D eigenvalue weighted by Crippen LogP contribution is -2.59. The zero-order valence-electron chi connectivity index (χ0n) is 29.4. The maximum atomic E-state index is 13.7. The number of ether oxygens (including phenoxy) is 2.